The summed E-state index contributed by atoms with van der Waals surface area (Å²) in [5.74, 6) is -0.349. The van der Waals surface area contributed by atoms with Gasteiger partial charge in [0.15, 0.2) is 0 Å². The second-order valence-electron chi connectivity index (χ2n) is 4.96. The molecule has 1 aliphatic rings. The smallest absolute Gasteiger partial charge is 0.325 e. The van der Waals surface area contributed by atoms with Crippen LogP contribution in [0.2, 0.25) is 0 Å². The van der Waals surface area contributed by atoms with E-state index in [1.165, 1.54) is 7.11 Å². The van der Waals surface area contributed by atoms with Crippen LogP contribution in [0.25, 0.3) is 0 Å². The molecule has 0 saturated carbocycles. The van der Waals surface area contributed by atoms with Crippen LogP contribution in [-0.4, -0.2) is 56.4 Å². The van der Waals surface area contributed by atoms with Gasteiger partial charge in [0.1, 0.15) is 5.54 Å². The summed E-state index contributed by atoms with van der Waals surface area (Å²) in [5.41, 5.74) is 5.03. The summed E-state index contributed by atoms with van der Waals surface area (Å²) in [6.07, 6.45) is 3.17. The fourth-order valence-electron chi connectivity index (χ4n) is 2.13. The van der Waals surface area contributed by atoms with E-state index < -0.39 is 5.54 Å². The van der Waals surface area contributed by atoms with Crippen LogP contribution in [0.1, 0.15) is 26.2 Å². The van der Waals surface area contributed by atoms with Gasteiger partial charge in [-0.15, -0.1) is 0 Å². The van der Waals surface area contributed by atoms with Crippen LogP contribution < -0.4 is 5.73 Å². The summed E-state index contributed by atoms with van der Waals surface area (Å²) >= 11 is 0. The van der Waals surface area contributed by atoms with Gasteiger partial charge in [0, 0.05) is 20.2 Å². The maximum Gasteiger partial charge on any atom is 0.325 e. The SMILES string of the molecule is COC(=O)C(C)(N)CCN1CCCC(OC)C1. The minimum Gasteiger partial charge on any atom is -0.468 e. The highest BCUT2D eigenvalue weighted by Gasteiger charge is 2.30. The topological polar surface area (TPSA) is 64.8 Å². The fraction of sp³-hybridized carbons (Fsp3) is 0.917. The molecule has 1 heterocycles. The molecule has 0 aromatic rings. The highest BCUT2D eigenvalue weighted by Crippen LogP contribution is 2.15. The van der Waals surface area contributed by atoms with Gasteiger partial charge in [-0.1, -0.05) is 0 Å². The predicted molar refractivity (Wildman–Crippen MR) is 65.7 cm³/mol. The summed E-state index contributed by atoms with van der Waals surface area (Å²) in [6.45, 7) is 4.50. The van der Waals surface area contributed by atoms with Crippen molar-refractivity contribution in [1.29, 1.82) is 0 Å². The van der Waals surface area contributed by atoms with E-state index in [0.717, 1.165) is 32.5 Å². The maximum atomic E-state index is 11.4. The lowest BCUT2D eigenvalue weighted by molar-refractivity contribution is -0.146. The quantitative estimate of drug-likeness (QED) is 0.708. The average Bonchev–Trinajstić information content (AvgIpc) is 2.35. The number of hydrogen-bond donors (Lipinski definition) is 1. The van der Waals surface area contributed by atoms with Crippen molar-refractivity contribution in [3.05, 3.63) is 0 Å². The Bertz CT molecular complexity index is 256. The Morgan fingerprint density at radius 3 is 2.82 bits per heavy atom. The van der Waals surface area contributed by atoms with E-state index in [0.29, 0.717) is 12.5 Å². The maximum absolute atomic E-state index is 11.4. The number of carbonyl (C=O) groups excluding carboxylic acids is 1. The standard InChI is InChI=1S/C12H24N2O3/c1-12(13,11(15)17-3)6-8-14-7-4-5-10(9-14)16-2/h10H,4-9,13H2,1-3H3. The summed E-state index contributed by atoms with van der Waals surface area (Å²) in [5, 5.41) is 0. The van der Waals surface area contributed by atoms with Gasteiger partial charge in [0.25, 0.3) is 0 Å². The van der Waals surface area contributed by atoms with E-state index in [1.54, 1.807) is 14.0 Å². The molecule has 0 radical (unpaired) electrons. The van der Waals surface area contributed by atoms with Crippen LogP contribution in [0, 0.1) is 0 Å². The summed E-state index contributed by atoms with van der Waals surface area (Å²) in [4.78, 5) is 13.7. The van der Waals surface area contributed by atoms with E-state index in [4.69, 9.17) is 15.2 Å². The molecule has 1 rings (SSSR count). The number of piperidine rings is 1. The Kier molecular flexibility index (Phi) is 5.36. The van der Waals surface area contributed by atoms with Gasteiger partial charge in [-0.3, -0.25) is 4.79 Å². The molecule has 1 fully saturated rings. The van der Waals surface area contributed by atoms with Crippen molar-refractivity contribution in [2.75, 3.05) is 33.9 Å². The number of esters is 1. The molecule has 5 heteroatoms. The number of ether oxygens (including phenoxy) is 2. The molecule has 2 atom stereocenters. The van der Waals surface area contributed by atoms with Crippen molar-refractivity contribution in [2.45, 2.75) is 37.8 Å². The van der Waals surface area contributed by atoms with Crippen molar-refractivity contribution in [3.8, 4) is 0 Å². The Labute approximate surface area is 103 Å². The summed E-state index contributed by atoms with van der Waals surface area (Å²) in [7, 11) is 3.12. The van der Waals surface area contributed by atoms with Gasteiger partial charge in [-0.25, -0.2) is 0 Å². The zero-order chi connectivity index (χ0) is 12.9. The zero-order valence-electron chi connectivity index (χ0n) is 11.1. The van der Waals surface area contributed by atoms with E-state index in [-0.39, 0.29) is 5.97 Å². The van der Waals surface area contributed by atoms with Crippen LogP contribution in [0.4, 0.5) is 0 Å². The molecule has 0 spiro atoms. The van der Waals surface area contributed by atoms with Crippen LogP contribution in [0.5, 0.6) is 0 Å². The number of carbonyl (C=O) groups is 1. The molecular weight excluding hydrogens is 220 g/mol. The molecule has 1 saturated heterocycles. The highest BCUT2D eigenvalue weighted by molar-refractivity contribution is 5.79. The van der Waals surface area contributed by atoms with Gasteiger partial charge in [0.05, 0.1) is 13.2 Å². The van der Waals surface area contributed by atoms with Crippen LogP contribution >= 0.6 is 0 Å². The zero-order valence-corrected chi connectivity index (χ0v) is 11.1. The first kappa shape index (κ1) is 14.4. The normalized spacial score (nSPS) is 25.3. The van der Waals surface area contributed by atoms with Gasteiger partial charge >= 0.3 is 5.97 Å². The van der Waals surface area contributed by atoms with E-state index >= 15 is 0 Å². The van der Waals surface area contributed by atoms with Crippen molar-refractivity contribution < 1.29 is 14.3 Å². The number of methoxy groups -OCH3 is 2. The number of rotatable bonds is 5. The number of hydrogen-bond acceptors (Lipinski definition) is 5. The molecule has 2 unspecified atom stereocenters. The predicted octanol–water partition coefficient (Wildman–Crippen LogP) is 0.378. The first-order chi connectivity index (χ1) is 7.99. The molecule has 0 aromatic heterocycles. The second kappa shape index (κ2) is 6.33. The Morgan fingerprint density at radius 1 is 1.53 bits per heavy atom. The van der Waals surface area contributed by atoms with E-state index in [1.807, 2.05) is 0 Å². The molecule has 1 aliphatic heterocycles. The van der Waals surface area contributed by atoms with Gasteiger partial charge in [0.2, 0.25) is 0 Å². The molecule has 17 heavy (non-hydrogen) atoms. The second-order valence-corrected chi connectivity index (χ2v) is 4.96. The third kappa shape index (κ3) is 4.26. The summed E-state index contributed by atoms with van der Waals surface area (Å²) in [6, 6.07) is 0. The average molecular weight is 244 g/mol. The van der Waals surface area contributed by atoms with Crippen molar-refractivity contribution in [2.24, 2.45) is 5.73 Å². The first-order valence-corrected chi connectivity index (χ1v) is 6.12. The molecule has 0 aromatic carbocycles. The summed E-state index contributed by atoms with van der Waals surface area (Å²) < 4.78 is 10.0. The number of nitrogens with two attached hydrogens (primary N) is 1. The number of nitrogens with zero attached hydrogens (tertiary/aromatic N) is 1. The van der Waals surface area contributed by atoms with E-state index in [9.17, 15) is 4.79 Å². The first-order valence-electron chi connectivity index (χ1n) is 6.12. The van der Waals surface area contributed by atoms with Crippen LogP contribution in [-0.2, 0) is 14.3 Å². The molecule has 0 amide bonds. The van der Waals surface area contributed by atoms with Crippen molar-refractivity contribution in [1.82, 2.24) is 4.90 Å². The molecule has 2 N–H and O–H groups in total. The third-order valence-corrected chi connectivity index (χ3v) is 3.39. The molecule has 5 nitrogen and oxygen atoms in total. The molecule has 0 aliphatic carbocycles. The molecular formula is C12H24N2O3. The fourth-order valence-corrected chi connectivity index (χ4v) is 2.13. The van der Waals surface area contributed by atoms with Crippen molar-refractivity contribution >= 4 is 5.97 Å². The van der Waals surface area contributed by atoms with Gasteiger partial charge < -0.3 is 20.1 Å². The Morgan fingerprint density at radius 2 is 2.24 bits per heavy atom. The molecule has 100 valence electrons. The van der Waals surface area contributed by atoms with E-state index in [2.05, 4.69) is 4.90 Å². The minimum atomic E-state index is -0.894. The number of likely N-dealkylation sites (tertiary alicyclic amines) is 1. The Balaban J connectivity index is 2.37. The molecule has 0 bridgehead atoms. The van der Waals surface area contributed by atoms with Gasteiger partial charge in [-0.05, 0) is 32.7 Å². The minimum absolute atomic E-state index is 0.311. The lowest BCUT2D eigenvalue weighted by atomic mass is 9.98. The van der Waals surface area contributed by atoms with Crippen LogP contribution in [0.3, 0.4) is 0 Å². The Hall–Kier alpha value is -0.650. The van der Waals surface area contributed by atoms with Gasteiger partial charge in [-0.2, -0.15) is 0 Å². The third-order valence-electron chi connectivity index (χ3n) is 3.39. The monoisotopic (exact) mass is 244 g/mol. The highest BCUT2D eigenvalue weighted by atomic mass is 16.5. The lowest BCUT2D eigenvalue weighted by Crippen LogP contribution is -2.49. The lowest BCUT2D eigenvalue weighted by Gasteiger charge is -2.33. The van der Waals surface area contributed by atoms with Crippen molar-refractivity contribution in [3.63, 3.8) is 0 Å². The van der Waals surface area contributed by atoms with Crippen LogP contribution in [0.15, 0.2) is 0 Å². The largest absolute Gasteiger partial charge is 0.468 e.